The van der Waals surface area contributed by atoms with Crippen LogP contribution in [0.3, 0.4) is 0 Å². The van der Waals surface area contributed by atoms with Crippen LogP contribution in [0.4, 0.5) is 0 Å². The van der Waals surface area contributed by atoms with Crippen LogP contribution in [0, 0.1) is 6.92 Å². The maximum Gasteiger partial charge on any atom is 0.101 e. The van der Waals surface area contributed by atoms with Crippen molar-refractivity contribution in [3.05, 3.63) is 59.3 Å². The van der Waals surface area contributed by atoms with Gasteiger partial charge in [0.25, 0.3) is 0 Å². The number of hydrogen-bond donors (Lipinski definition) is 1. The second kappa shape index (κ2) is 7.10. The van der Waals surface area contributed by atoms with Gasteiger partial charge in [0.2, 0.25) is 0 Å². The summed E-state index contributed by atoms with van der Waals surface area (Å²) in [5.74, 6) is 0.964. The number of hydrogen-bond acceptors (Lipinski definition) is 3. The van der Waals surface area contributed by atoms with Gasteiger partial charge in [-0.25, -0.2) is 4.98 Å². The van der Waals surface area contributed by atoms with Crippen molar-refractivity contribution < 1.29 is 0 Å². The third-order valence-corrected chi connectivity index (χ3v) is 4.38. The van der Waals surface area contributed by atoms with E-state index < -0.39 is 0 Å². The molecule has 0 aliphatic heterocycles. The van der Waals surface area contributed by atoms with Gasteiger partial charge in [0.15, 0.2) is 0 Å². The number of benzene rings is 1. The smallest absolute Gasteiger partial charge is 0.101 e. The van der Waals surface area contributed by atoms with E-state index in [-0.39, 0.29) is 5.54 Å². The molecule has 2 rings (SSSR count). The summed E-state index contributed by atoms with van der Waals surface area (Å²) in [5.41, 5.74) is 4.11. The van der Waals surface area contributed by atoms with E-state index in [9.17, 15) is 0 Å². The normalized spacial score (nSPS) is 11.6. The minimum atomic E-state index is 0.119. The number of nitrogens with zero attached hydrogens (tertiary/aromatic N) is 1. The van der Waals surface area contributed by atoms with Crippen molar-refractivity contribution in [2.24, 2.45) is 0 Å². The molecule has 0 saturated carbocycles. The molecule has 1 N–H and O–H groups in total. The van der Waals surface area contributed by atoms with Crippen LogP contribution in [0.25, 0.3) is 0 Å². The SMILES string of the molecule is Cc1ccccc1CSc1ncccc1CNC(C)(C)C. The predicted octanol–water partition coefficient (Wildman–Crippen LogP) is 4.57. The quantitative estimate of drug-likeness (QED) is 0.819. The molecule has 0 bridgehead atoms. The van der Waals surface area contributed by atoms with Crippen LogP contribution < -0.4 is 5.32 Å². The van der Waals surface area contributed by atoms with Crippen LogP contribution in [0.2, 0.25) is 0 Å². The van der Waals surface area contributed by atoms with Crippen LogP contribution in [0.15, 0.2) is 47.6 Å². The van der Waals surface area contributed by atoms with Crippen LogP contribution in [-0.4, -0.2) is 10.5 Å². The third-order valence-electron chi connectivity index (χ3n) is 3.28. The highest BCUT2D eigenvalue weighted by atomic mass is 32.2. The van der Waals surface area contributed by atoms with Crippen molar-refractivity contribution in [2.75, 3.05) is 0 Å². The second-order valence-electron chi connectivity index (χ2n) is 6.29. The topological polar surface area (TPSA) is 24.9 Å². The van der Waals surface area contributed by atoms with E-state index in [4.69, 9.17) is 0 Å². The minimum absolute atomic E-state index is 0.119. The van der Waals surface area contributed by atoms with Gasteiger partial charge in [-0.3, -0.25) is 0 Å². The van der Waals surface area contributed by atoms with E-state index in [0.717, 1.165) is 17.3 Å². The summed E-state index contributed by atoms with van der Waals surface area (Å²) >= 11 is 1.81. The van der Waals surface area contributed by atoms with Gasteiger partial charge >= 0.3 is 0 Å². The molecule has 112 valence electrons. The van der Waals surface area contributed by atoms with Crippen LogP contribution >= 0.6 is 11.8 Å². The molecule has 2 aromatic rings. The number of thioether (sulfide) groups is 1. The number of rotatable bonds is 5. The summed E-state index contributed by atoms with van der Waals surface area (Å²) in [6.45, 7) is 9.57. The van der Waals surface area contributed by atoms with Crippen LogP contribution in [-0.2, 0) is 12.3 Å². The van der Waals surface area contributed by atoms with Crippen molar-refractivity contribution in [1.82, 2.24) is 10.3 Å². The first kappa shape index (κ1) is 16.1. The summed E-state index contributed by atoms with van der Waals surface area (Å²) in [4.78, 5) is 4.55. The van der Waals surface area contributed by atoms with Gasteiger partial charge in [0.05, 0.1) is 0 Å². The fraction of sp³-hybridized carbons (Fsp3) is 0.389. The standard InChI is InChI=1S/C18H24N2S/c1-14-8-5-6-9-16(14)13-21-17-15(10-7-11-19-17)12-20-18(2,3)4/h5-11,20H,12-13H2,1-4H3. The van der Waals surface area contributed by atoms with Crippen molar-refractivity contribution in [3.8, 4) is 0 Å². The molecule has 0 amide bonds. The van der Waals surface area contributed by atoms with Crippen molar-refractivity contribution in [2.45, 2.75) is 50.6 Å². The first-order chi connectivity index (χ1) is 9.96. The highest BCUT2D eigenvalue weighted by Gasteiger charge is 2.11. The van der Waals surface area contributed by atoms with Gasteiger partial charge in [-0.1, -0.05) is 30.3 Å². The largest absolute Gasteiger partial charge is 0.308 e. The monoisotopic (exact) mass is 300 g/mol. The average molecular weight is 300 g/mol. The molecule has 1 heterocycles. The van der Waals surface area contributed by atoms with E-state index in [1.165, 1.54) is 16.7 Å². The lowest BCUT2D eigenvalue weighted by Crippen LogP contribution is -2.35. The van der Waals surface area contributed by atoms with E-state index in [2.05, 4.69) is 68.3 Å². The Balaban J connectivity index is 2.05. The Hall–Kier alpha value is -1.32. The highest BCUT2D eigenvalue weighted by molar-refractivity contribution is 7.98. The summed E-state index contributed by atoms with van der Waals surface area (Å²) < 4.78 is 0. The molecule has 0 spiro atoms. The van der Waals surface area contributed by atoms with Gasteiger partial charge in [-0.05, 0) is 50.5 Å². The summed E-state index contributed by atoms with van der Waals surface area (Å²) in [7, 11) is 0. The van der Waals surface area contributed by atoms with Gasteiger partial charge in [-0.15, -0.1) is 11.8 Å². The Labute approximate surface area is 132 Å². The first-order valence-corrected chi connectivity index (χ1v) is 8.30. The predicted molar refractivity (Wildman–Crippen MR) is 91.6 cm³/mol. The van der Waals surface area contributed by atoms with Crippen LogP contribution in [0.5, 0.6) is 0 Å². The number of aryl methyl sites for hydroxylation is 1. The lowest BCUT2D eigenvalue weighted by molar-refractivity contribution is 0.422. The zero-order valence-corrected chi connectivity index (χ0v) is 14.1. The van der Waals surface area contributed by atoms with Crippen LogP contribution in [0.1, 0.15) is 37.5 Å². The molecule has 0 fully saturated rings. The Morgan fingerprint density at radius 2 is 1.76 bits per heavy atom. The first-order valence-electron chi connectivity index (χ1n) is 7.32. The van der Waals surface area contributed by atoms with Gasteiger partial charge in [0.1, 0.15) is 5.03 Å². The molecular formula is C18H24N2S. The van der Waals surface area contributed by atoms with Crippen molar-refractivity contribution in [3.63, 3.8) is 0 Å². The Morgan fingerprint density at radius 3 is 2.48 bits per heavy atom. The number of aromatic nitrogens is 1. The molecular weight excluding hydrogens is 276 g/mol. The van der Waals surface area contributed by atoms with E-state index in [0.29, 0.717) is 0 Å². The Kier molecular flexibility index (Phi) is 5.43. The average Bonchev–Trinajstić information content (AvgIpc) is 2.44. The molecule has 3 heteroatoms. The minimum Gasteiger partial charge on any atom is -0.308 e. The van der Waals surface area contributed by atoms with Crippen molar-refractivity contribution >= 4 is 11.8 Å². The summed E-state index contributed by atoms with van der Waals surface area (Å²) in [5, 5.41) is 4.66. The molecule has 0 radical (unpaired) electrons. The molecule has 0 aliphatic carbocycles. The fourth-order valence-corrected chi connectivity index (χ4v) is 3.04. The Morgan fingerprint density at radius 1 is 1.05 bits per heavy atom. The molecule has 0 aliphatic rings. The maximum atomic E-state index is 4.55. The summed E-state index contributed by atoms with van der Waals surface area (Å²) in [6.07, 6.45) is 1.88. The van der Waals surface area contributed by atoms with E-state index in [1.807, 2.05) is 24.0 Å². The van der Waals surface area contributed by atoms with E-state index >= 15 is 0 Å². The molecule has 2 nitrogen and oxygen atoms in total. The van der Waals surface area contributed by atoms with Gasteiger partial charge in [-0.2, -0.15) is 0 Å². The molecule has 1 aromatic carbocycles. The third kappa shape index (κ3) is 5.18. The second-order valence-corrected chi connectivity index (χ2v) is 7.25. The molecule has 1 aromatic heterocycles. The van der Waals surface area contributed by atoms with Gasteiger partial charge in [0, 0.05) is 24.0 Å². The zero-order chi connectivity index (χ0) is 15.3. The zero-order valence-electron chi connectivity index (χ0n) is 13.3. The fourth-order valence-electron chi connectivity index (χ4n) is 1.97. The van der Waals surface area contributed by atoms with Crippen molar-refractivity contribution in [1.29, 1.82) is 0 Å². The highest BCUT2D eigenvalue weighted by Crippen LogP contribution is 2.25. The maximum absolute atomic E-state index is 4.55. The lowest BCUT2D eigenvalue weighted by Gasteiger charge is -2.21. The molecule has 0 atom stereocenters. The molecule has 0 saturated heterocycles. The van der Waals surface area contributed by atoms with E-state index in [1.54, 1.807) is 0 Å². The number of nitrogens with one attached hydrogen (secondary N) is 1. The summed E-state index contributed by atoms with van der Waals surface area (Å²) in [6, 6.07) is 12.7. The Bertz CT molecular complexity index is 588. The number of pyridine rings is 1. The van der Waals surface area contributed by atoms with Gasteiger partial charge < -0.3 is 5.32 Å². The lowest BCUT2D eigenvalue weighted by atomic mass is 10.1. The molecule has 21 heavy (non-hydrogen) atoms. The molecule has 0 unspecified atom stereocenters.